The van der Waals surface area contributed by atoms with Crippen LogP contribution in [0.5, 0.6) is 0 Å². The average Bonchev–Trinajstić information content (AvgIpc) is 3.00. The molecule has 0 aromatic carbocycles. The van der Waals surface area contributed by atoms with Gasteiger partial charge in [0.2, 0.25) is 11.0 Å². The van der Waals surface area contributed by atoms with E-state index >= 15 is 0 Å². The number of rotatable bonds is 9. The lowest BCUT2D eigenvalue weighted by atomic mass is 9.89. The summed E-state index contributed by atoms with van der Waals surface area (Å²) in [7, 11) is 0. The Morgan fingerprint density at radius 1 is 1.32 bits per heavy atom. The maximum atomic E-state index is 11.9. The number of nitrogens with zero attached hydrogens (tertiary/aromatic N) is 2. The highest BCUT2D eigenvalue weighted by molar-refractivity contribution is 8.01. The molecule has 5 nitrogen and oxygen atoms in total. The minimum Gasteiger partial charge on any atom is -0.360 e. The maximum Gasteiger partial charge on any atom is 0.230 e. The lowest BCUT2D eigenvalue weighted by molar-refractivity contribution is -0.118. The molecule has 1 aliphatic rings. The fraction of sp³-hybridized carbons (Fsp3) is 0.800. The number of hydrogen-bond donors (Lipinski definition) is 2. The summed E-state index contributed by atoms with van der Waals surface area (Å²) >= 11 is 2.99. The van der Waals surface area contributed by atoms with Crippen LogP contribution >= 0.6 is 23.1 Å². The van der Waals surface area contributed by atoms with E-state index < -0.39 is 0 Å². The van der Waals surface area contributed by atoms with Crippen LogP contribution in [0.4, 0.5) is 5.13 Å². The second-order valence-corrected chi connectivity index (χ2v) is 7.95. The molecule has 22 heavy (non-hydrogen) atoms. The third kappa shape index (κ3) is 6.52. The molecule has 0 saturated heterocycles. The van der Waals surface area contributed by atoms with Gasteiger partial charge in [-0.25, -0.2) is 0 Å². The molecule has 0 atom stereocenters. The van der Waals surface area contributed by atoms with E-state index in [0.29, 0.717) is 11.7 Å². The van der Waals surface area contributed by atoms with Gasteiger partial charge in [0.25, 0.3) is 0 Å². The Labute approximate surface area is 141 Å². The zero-order chi connectivity index (χ0) is 15.6. The molecule has 0 bridgehead atoms. The van der Waals surface area contributed by atoms with Crippen LogP contribution in [0.3, 0.4) is 0 Å². The highest BCUT2D eigenvalue weighted by atomic mass is 32.2. The number of carbonyl (C=O) groups excluding carboxylic acids is 1. The fourth-order valence-electron chi connectivity index (χ4n) is 2.54. The van der Waals surface area contributed by atoms with E-state index in [0.717, 1.165) is 35.4 Å². The highest BCUT2D eigenvalue weighted by Gasteiger charge is 2.14. The summed E-state index contributed by atoms with van der Waals surface area (Å²) in [5, 5.41) is 15.3. The van der Waals surface area contributed by atoms with Gasteiger partial charge in [0.1, 0.15) is 0 Å². The van der Waals surface area contributed by atoms with Crippen LogP contribution in [-0.4, -0.2) is 34.9 Å². The second-order valence-electron chi connectivity index (χ2n) is 5.75. The first-order valence-electron chi connectivity index (χ1n) is 8.24. The van der Waals surface area contributed by atoms with Crippen molar-refractivity contribution in [3.8, 4) is 0 Å². The first kappa shape index (κ1) is 17.5. The third-order valence-electron chi connectivity index (χ3n) is 3.85. The van der Waals surface area contributed by atoms with Gasteiger partial charge >= 0.3 is 0 Å². The van der Waals surface area contributed by atoms with Crippen molar-refractivity contribution in [3.05, 3.63) is 0 Å². The van der Waals surface area contributed by atoms with Gasteiger partial charge in [-0.2, -0.15) is 0 Å². The Hall–Kier alpha value is -0.820. The van der Waals surface area contributed by atoms with Crippen molar-refractivity contribution in [1.82, 2.24) is 15.5 Å². The summed E-state index contributed by atoms with van der Waals surface area (Å²) in [6.45, 7) is 3.92. The van der Waals surface area contributed by atoms with Crippen molar-refractivity contribution < 1.29 is 4.79 Å². The Morgan fingerprint density at radius 3 is 2.91 bits per heavy atom. The van der Waals surface area contributed by atoms with E-state index in [-0.39, 0.29) is 5.91 Å². The standard InChI is InChI=1S/C15H26N4OS2/c1-2-3-9-16-14-18-19-15(22-14)21-11-13(20)17-10-12-7-5-4-6-8-12/h12H,2-11H2,1H3,(H,16,18)(H,17,20). The molecule has 7 heteroatoms. The SMILES string of the molecule is CCCCNc1nnc(SCC(=O)NCC2CCCCC2)s1. The van der Waals surface area contributed by atoms with E-state index in [1.165, 1.54) is 55.2 Å². The minimum atomic E-state index is 0.103. The van der Waals surface area contributed by atoms with Crippen molar-refractivity contribution in [3.63, 3.8) is 0 Å². The first-order valence-corrected chi connectivity index (χ1v) is 10.0. The molecule has 1 aromatic rings. The maximum absolute atomic E-state index is 11.9. The molecular formula is C15H26N4OS2. The number of unbranched alkanes of at least 4 members (excludes halogenated alkanes) is 1. The molecule has 0 spiro atoms. The summed E-state index contributed by atoms with van der Waals surface area (Å²) in [5.41, 5.74) is 0. The summed E-state index contributed by atoms with van der Waals surface area (Å²) in [5.74, 6) is 1.21. The molecule has 1 aromatic heterocycles. The van der Waals surface area contributed by atoms with E-state index in [1.807, 2.05) is 0 Å². The van der Waals surface area contributed by atoms with Crippen LogP contribution in [0, 0.1) is 5.92 Å². The molecule has 1 fully saturated rings. The van der Waals surface area contributed by atoms with Crippen LogP contribution in [-0.2, 0) is 4.79 Å². The van der Waals surface area contributed by atoms with Gasteiger partial charge in [-0.1, -0.05) is 55.7 Å². The molecule has 0 unspecified atom stereocenters. The lowest BCUT2D eigenvalue weighted by Crippen LogP contribution is -2.31. The van der Waals surface area contributed by atoms with Gasteiger partial charge in [0.05, 0.1) is 5.75 Å². The molecule has 1 heterocycles. The quantitative estimate of drug-likeness (QED) is 0.531. The van der Waals surface area contributed by atoms with Crippen LogP contribution in [0.15, 0.2) is 4.34 Å². The molecule has 1 saturated carbocycles. The van der Waals surface area contributed by atoms with E-state index in [1.54, 1.807) is 0 Å². The number of nitrogens with one attached hydrogen (secondary N) is 2. The van der Waals surface area contributed by atoms with E-state index in [2.05, 4.69) is 27.8 Å². The van der Waals surface area contributed by atoms with Gasteiger partial charge in [-0.3, -0.25) is 4.79 Å². The topological polar surface area (TPSA) is 66.9 Å². The number of anilines is 1. The van der Waals surface area contributed by atoms with Gasteiger partial charge in [0.15, 0.2) is 4.34 Å². The van der Waals surface area contributed by atoms with Crippen LogP contribution in [0.2, 0.25) is 0 Å². The highest BCUT2D eigenvalue weighted by Crippen LogP contribution is 2.25. The molecule has 0 radical (unpaired) electrons. The Kier molecular flexibility index (Phi) is 8.01. The number of aromatic nitrogens is 2. The van der Waals surface area contributed by atoms with Crippen molar-refractivity contribution in [2.45, 2.75) is 56.2 Å². The molecule has 1 aliphatic carbocycles. The van der Waals surface area contributed by atoms with Crippen molar-refractivity contribution in [2.75, 3.05) is 24.2 Å². The van der Waals surface area contributed by atoms with Crippen LogP contribution in [0.25, 0.3) is 0 Å². The predicted octanol–water partition coefficient (Wildman–Crippen LogP) is 3.54. The minimum absolute atomic E-state index is 0.103. The second kappa shape index (κ2) is 10.0. The monoisotopic (exact) mass is 342 g/mol. The number of carbonyl (C=O) groups is 1. The molecular weight excluding hydrogens is 316 g/mol. The number of thioether (sulfide) groups is 1. The summed E-state index contributed by atoms with van der Waals surface area (Å²) in [6.07, 6.45) is 8.79. The zero-order valence-electron chi connectivity index (χ0n) is 13.3. The predicted molar refractivity (Wildman–Crippen MR) is 93.6 cm³/mol. The van der Waals surface area contributed by atoms with Gasteiger partial charge in [0, 0.05) is 13.1 Å². The van der Waals surface area contributed by atoms with E-state index in [4.69, 9.17) is 0 Å². The fourth-order valence-corrected chi connectivity index (χ4v) is 4.15. The molecule has 2 rings (SSSR count). The van der Waals surface area contributed by atoms with Gasteiger partial charge in [-0.15, -0.1) is 10.2 Å². The number of hydrogen-bond acceptors (Lipinski definition) is 6. The largest absolute Gasteiger partial charge is 0.360 e. The Morgan fingerprint density at radius 2 is 2.14 bits per heavy atom. The van der Waals surface area contributed by atoms with Crippen molar-refractivity contribution in [1.29, 1.82) is 0 Å². The Bertz CT molecular complexity index is 447. The summed E-state index contributed by atoms with van der Waals surface area (Å²) in [6, 6.07) is 0. The van der Waals surface area contributed by atoms with E-state index in [9.17, 15) is 4.79 Å². The van der Waals surface area contributed by atoms with Gasteiger partial charge in [-0.05, 0) is 25.2 Å². The lowest BCUT2D eigenvalue weighted by Gasteiger charge is -2.21. The summed E-state index contributed by atoms with van der Waals surface area (Å²) in [4.78, 5) is 11.9. The molecule has 1 amide bonds. The number of amides is 1. The summed E-state index contributed by atoms with van der Waals surface area (Å²) < 4.78 is 0.854. The van der Waals surface area contributed by atoms with Crippen molar-refractivity contribution >= 4 is 34.1 Å². The normalized spacial score (nSPS) is 15.7. The van der Waals surface area contributed by atoms with Crippen molar-refractivity contribution in [2.24, 2.45) is 5.92 Å². The van der Waals surface area contributed by atoms with Crippen LogP contribution in [0.1, 0.15) is 51.9 Å². The average molecular weight is 343 g/mol. The molecule has 124 valence electrons. The van der Waals surface area contributed by atoms with Crippen LogP contribution < -0.4 is 10.6 Å². The third-order valence-corrected chi connectivity index (χ3v) is 5.87. The zero-order valence-corrected chi connectivity index (χ0v) is 14.9. The first-order chi connectivity index (χ1) is 10.8. The van der Waals surface area contributed by atoms with Gasteiger partial charge < -0.3 is 10.6 Å². The molecule has 2 N–H and O–H groups in total. The molecule has 0 aliphatic heterocycles. The Balaban J connectivity index is 1.61. The smallest absolute Gasteiger partial charge is 0.230 e.